The smallest absolute Gasteiger partial charge is 0.267 e. The van der Waals surface area contributed by atoms with Gasteiger partial charge in [0.05, 0.1) is 17.0 Å². The molecule has 3 aliphatic heterocycles. The average Bonchev–Trinajstić information content (AvgIpc) is 3.59. The van der Waals surface area contributed by atoms with Crippen molar-refractivity contribution < 1.29 is 14.3 Å². The van der Waals surface area contributed by atoms with E-state index in [4.69, 9.17) is 26.7 Å². The van der Waals surface area contributed by atoms with Gasteiger partial charge in [-0.1, -0.05) is 65.9 Å². The van der Waals surface area contributed by atoms with Crippen LogP contribution in [0, 0.1) is 6.92 Å². The number of amides is 1. The van der Waals surface area contributed by atoms with Crippen molar-refractivity contribution in [2.75, 3.05) is 37.9 Å². The summed E-state index contributed by atoms with van der Waals surface area (Å²) in [6, 6.07) is 19.6. The Morgan fingerprint density at radius 3 is 2.51 bits per heavy atom. The number of ether oxygens (including phenoxy) is 2. The quantitative estimate of drug-likeness (QED) is 0.232. The highest BCUT2D eigenvalue weighted by atomic mass is 32.2. The second-order valence-electron chi connectivity index (χ2n) is 10.8. The molecule has 2 saturated heterocycles. The van der Waals surface area contributed by atoms with Crippen LogP contribution in [0.2, 0.25) is 0 Å². The minimum atomic E-state index is -0.216. The third-order valence-electron chi connectivity index (χ3n) is 7.87. The molecule has 11 heteroatoms. The summed E-state index contributed by atoms with van der Waals surface area (Å²) in [5.41, 5.74) is 4.05. The van der Waals surface area contributed by atoms with Crippen LogP contribution in [0.3, 0.4) is 0 Å². The van der Waals surface area contributed by atoms with Gasteiger partial charge in [0.15, 0.2) is 11.5 Å². The maximum absolute atomic E-state index is 13.8. The van der Waals surface area contributed by atoms with Gasteiger partial charge in [0.25, 0.3) is 11.5 Å². The van der Waals surface area contributed by atoms with Gasteiger partial charge in [0.1, 0.15) is 15.8 Å². The van der Waals surface area contributed by atoms with Crippen molar-refractivity contribution in [2.45, 2.75) is 20.0 Å². The van der Waals surface area contributed by atoms with Crippen molar-refractivity contribution in [3.8, 4) is 11.5 Å². The first-order valence-electron chi connectivity index (χ1n) is 14.1. The molecule has 9 nitrogen and oxygen atoms in total. The van der Waals surface area contributed by atoms with Crippen LogP contribution in [0.25, 0.3) is 11.7 Å². The molecule has 5 heterocycles. The molecule has 3 aliphatic rings. The number of hydrogen-bond acceptors (Lipinski definition) is 9. The standard InChI is InChI=1S/C32H29N5O4S2/c1-21-5-7-22(8-6-21)19-37-31(39)27(43-32(37)42)17-24-29(33-28-4-2-3-11-36(28)30(24)38)35-14-12-34(13-15-35)18-23-9-10-25-26(16-23)41-20-40-25/h2-11,16-17H,12-15,18-20H2,1H3/b27-17+. The lowest BCUT2D eigenvalue weighted by molar-refractivity contribution is -0.122. The molecular weight excluding hydrogens is 583 g/mol. The number of pyridine rings is 1. The van der Waals surface area contributed by atoms with E-state index in [1.165, 1.54) is 16.2 Å². The average molecular weight is 612 g/mol. The van der Waals surface area contributed by atoms with Crippen molar-refractivity contribution >= 4 is 51.7 Å². The number of aryl methyl sites for hydroxylation is 1. The maximum atomic E-state index is 13.8. The SMILES string of the molecule is Cc1ccc(CN2C(=O)/C(=C\c3c(N4CCN(Cc5ccc6c(c5)OCO6)CC4)nc4ccccn4c3=O)SC2=S)cc1. The molecule has 0 saturated carbocycles. The van der Waals surface area contributed by atoms with E-state index in [1.807, 2.05) is 55.5 Å². The number of carbonyl (C=O) groups is 1. The van der Waals surface area contributed by atoms with E-state index in [2.05, 4.69) is 15.9 Å². The van der Waals surface area contributed by atoms with Gasteiger partial charge >= 0.3 is 0 Å². The fourth-order valence-electron chi connectivity index (χ4n) is 5.52. The Kier molecular flexibility index (Phi) is 7.38. The first-order chi connectivity index (χ1) is 20.9. The third-order valence-corrected chi connectivity index (χ3v) is 9.25. The normalized spacial score (nSPS) is 17.9. The first kappa shape index (κ1) is 27.6. The monoisotopic (exact) mass is 611 g/mol. The molecule has 1 amide bonds. The highest BCUT2D eigenvalue weighted by Gasteiger charge is 2.33. The molecule has 2 aromatic carbocycles. The second kappa shape index (κ2) is 11.5. The summed E-state index contributed by atoms with van der Waals surface area (Å²) < 4.78 is 13.0. The number of anilines is 1. The first-order valence-corrected chi connectivity index (χ1v) is 15.3. The Morgan fingerprint density at radius 2 is 1.70 bits per heavy atom. The lowest BCUT2D eigenvalue weighted by Crippen LogP contribution is -2.47. The van der Waals surface area contributed by atoms with Crippen LogP contribution in [-0.2, 0) is 17.9 Å². The fraction of sp³-hybridized carbons (Fsp3) is 0.250. The number of nitrogens with zero attached hydrogens (tertiary/aromatic N) is 5. The Labute approximate surface area is 258 Å². The van der Waals surface area contributed by atoms with Gasteiger partial charge in [-0.2, -0.15) is 0 Å². The summed E-state index contributed by atoms with van der Waals surface area (Å²) in [4.78, 5) is 38.8. The van der Waals surface area contributed by atoms with Gasteiger partial charge in [-0.3, -0.25) is 23.8 Å². The highest BCUT2D eigenvalue weighted by Crippen LogP contribution is 2.35. The van der Waals surface area contributed by atoms with Crippen molar-refractivity contribution in [2.24, 2.45) is 0 Å². The number of fused-ring (bicyclic) bond motifs is 2. The summed E-state index contributed by atoms with van der Waals surface area (Å²) in [5.74, 6) is 1.95. The van der Waals surface area contributed by atoms with E-state index in [-0.39, 0.29) is 18.3 Å². The Balaban J connectivity index is 1.15. The van der Waals surface area contributed by atoms with E-state index in [0.717, 1.165) is 47.8 Å². The van der Waals surface area contributed by atoms with E-state index in [0.29, 0.717) is 45.9 Å². The van der Waals surface area contributed by atoms with Crippen molar-refractivity contribution in [1.29, 1.82) is 0 Å². The van der Waals surface area contributed by atoms with Gasteiger partial charge < -0.3 is 14.4 Å². The molecule has 0 radical (unpaired) electrons. The molecular formula is C32H29N5O4S2. The molecule has 43 heavy (non-hydrogen) atoms. The number of benzene rings is 2. The number of hydrogen-bond donors (Lipinski definition) is 0. The van der Waals surface area contributed by atoms with Gasteiger partial charge in [0.2, 0.25) is 6.79 Å². The molecule has 0 N–H and O–H groups in total. The second-order valence-corrected chi connectivity index (χ2v) is 12.5. The zero-order valence-electron chi connectivity index (χ0n) is 23.6. The summed E-state index contributed by atoms with van der Waals surface area (Å²) in [6.07, 6.45) is 3.38. The molecule has 4 aromatic rings. The summed E-state index contributed by atoms with van der Waals surface area (Å²) in [7, 11) is 0. The summed E-state index contributed by atoms with van der Waals surface area (Å²) >= 11 is 6.82. The van der Waals surface area contributed by atoms with Crippen LogP contribution in [0.5, 0.6) is 11.5 Å². The largest absolute Gasteiger partial charge is 0.454 e. The minimum absolute atomic E-state index is 0.201. The molecule has 0 unspecified atom stereocenters. The summed E-state index contributed by atoms with van der Waals surface area (Å²) in [5, 5.41) is 0. The van der Waals surface area contributed by atoms with Gasteiger partial charge in [-0.05, 0) is 48.4 Å². The molecule has 2 fully saturated rings. The topological polar surface area (TPSA) is 79.6 Å². The number of aromatic nitrogens is 2. The Bertz CT molecular complexity index is 1830. The number of piperazine rings is 1. The minimum Gasteiger partial charge on any atom is -0.454 e. The van der Waals surface area contributed by atoms with Crippen molar-refractivity contribution in [3.05, 3.63) is 104 Å². The fourth-order valence-corrected chi connectivity index (χ4v) is 6.75. The molecule has 0 aliphatic carbocycles. The van der Waals surface area contributed by atoms with Crippen molar-refractivity contribution in [3.63, 3.8) is 0 Å². The number of thiocarbonyl (C=S) groups is 1. The van der Waals surface area contributed by atoms with E-state index >= 15 is 0 Å². The zero-order chi connectivity index (χ0) is 29.5. The highest BCUT2D eigenvalue weighted by molar-refractivity contribution is 8.26. The van der Waals surface area contributed by atoms with Crippen LogP contribution < -0.4 is 19.9 Å². The lowest BCUT2D eigenvalue weighted by Gasteiger charge is -2.36. The maximum Gasteiger partial charge on any atom is 0.267 e. The van der Waals surface area contributed by atoms with Crippen LogP contribution in [0.1, 0.15) is 22.3 Å². The Hall–Kier alpha value is -4.19. The molecule has 7 rings (SSSR count). The van der Waals surface area contributed by atoms with Gasteiger partial charge in [-0.15, -0.1) is 0 Å². The van der Waals surface area contributed by atoms with E-state index < -0.39 is 0 Å². The van der Waals surface area contributed by atoms with E-state index in [1.54, 1.807) is 23.2 Å². The molecule has 0 spiro atoms. The predicted octanol–water partition coefficient (Wildman–Crippen LogP) is 4.46. The van der Waals surface area contributed by atoms with Gasteiger partial charge in [0, 0.05) is 38.9 Å². The molecule has 0 bridgehead atoms. The number of carbonyl (C=O) groups excluding carboxylic acids is 1. The molecule has 218 valence electrons. The third kappa shape index (κ3) is 5.51. The van der Waals surface area contributed by atoms with Crippen LogP contribution in [0.4, 0.5) is 5.82 Å². The Morgan fingerprint density at radius 1 is 0.930 bits per heavy atom. The molecule has 2 aromatic heterocycles. The van der Waals surface area contributed by atoms with Crippen LogP contribution >= 0.6 is 24.0 Å². The lowest BCUT2D eigenvalue weighted by atomic mass is 10.1. The van der Waals surface area contributed by atoms with Gasteiger partial charge in [-0.25, -0.2) is 4.98 Å². The molecule has 0 atom stereocenters. The number of thioether (sulfide) groups is 1. The summed E-state index contributed by atoms with van der Waals surface area (Å²) in [6.45, 7) is 6.42. The van der Waals surface area contributed by atoms with E-state index in [9.17, 15) is 9.59 Å². The van der Waals surface area contributed by atoms with Crippen LogP contribution in [-0.4, -0.2) is 62.4 Å². The number of rotatable bonds is 6. The predicted molar refractivity (Wildman–Crippen MR) is 171 cm³/mol. The zero-order valence-corrected chi connectivity index (χ0v) is 25.2. The van der Waals surface area contributed by atoms with Crippen molar-refractivity contribution in [1.82, 2.24) is 19.2 Å². The van der Waals surface area contributed by atoms with Crippen LogP contribution in [0.15, 0.2) is 76.6 Å².